The fourth-order valence-corrected chi connectivity index (χ4v) is 6.42. The lowest BCUT2D eigenvalue weighted by Gasteiger charge is -2.25. The highest BCUT2D eigenvalue weighted by atomic mass is 79.9. The smallest absolute Gasteiger partial charge is 0.345 e. The molecule has 0 bridgehead atoms. The molecule has 0 radical (unpaired) electrons. The molecule has 1 aromatic rings. The van der Waals surface area contributed by atoms with Crippen LogP contribution in [-0.2, 0) is 10.0 Å². The number of carbonyl (C=O) groups is 1. The Morgan fingerprint density at radius 1 is 1.45 bits per heavy atom. The molecule has 0 aromatic carbocycles. The monoisotopic (exact) mass is 381 g/mol. The van der Waals surface area contributed by atoms with E-state index < -0.39 is 16.0 Å². The average molecular weight is 382 g/mol. The Bertz CT molecular complexity index is 611. The summed E-state index contributed by atoms with van der Waals surface area (Å²) in [7, 11) is -3.64. The lowest BCUT2D eigenvalue weighted by molar-refractivity contribution is 0.0702. The van der Waals surface area contributed by atoms with Gasteiger partial charge < -0.3 is 5.11 Å². The number of sulfonamides is 1. The van der Waals surface area contributed by atoms with Crippen molar-refractivity contribution in [1.29, 1.82) is 0 Å². The van der Waals surface area contributed by atoms with Crippen LogP contribution in [0, 0.1) is 0 Å². The van der Waals surface area contributed by atoms with Gasteiger partial charge in [0, 0.05) is 12.6 Å². The van der Waals surface area contributed by atoms with E-state index in [0.29, 0.717) is 10.3 Å². The Kier molecular flexibility index (Phi) is 4.88. The number of thiophene rings is 1. The first kappa shape index (κ1) is 15.9. The molecule has 112 valence electrons. The summed E-state index contributed by atoms with van der Waals surface area (Å²) in [5, 5.41) is 8.98. The van der Waals surface area contributed by atoms with Gasteiger partial charge in [0.05, 0.1) is 3.79 Å². The normalized spacial score (nSPS) is 21.6. The lowest BCUT2D eigenvalue weighted by atomic mass is 10.1. The van der Waals surface area contributed by atoms with Gasteiger partial charge in [0.1, 0.15) is 9.77 Å². The number of aromatic carboxylic acids is 1. The van der Waals surface area contributed by atoms with Gasteiger partial charge in [0.2, 0.25) is 10.0 Å². The highest BCUT2D eigenvalue weighted by molar-refractivity contribution is 9.11. The molecule has 20 heavy (non-hydrogen) atoms. The van der Waals surface area contributed by atoms with E-state index in [1.165, 1.54) is 10.4 Å². The van der Waals surface area contributed by atoms with Crippen molar-refractivity contribution >= 4 is 43.3 Å². The van der Waals surface area contributed by atoms with Crippen molar-refractivity contribution in [2.24, 2.45) is 0 Å². The molecule has 5 nitrogen and oxygen atoms in total. The van der Waals surface area contributed by atoms with Crippen LogP contribution in [0.2, 0.25) is 0 Å². The third-order valence-electron chi connectivity index (χ3n) is 3.44. The van der Waals surface area contributed by atoms with E-state index in [9.17, 15) is 13.2 Å². The first-order chi connectivity index (χ1) is 9.34. The summed E-state index contributed by atoms with van der Waals surface area (Å²) in [5.74, 6) is -1.11. The van der Waals surface area contributed by atoms with Crippen molar-refractivity contribution in [1.82, 2.24) is 4.31 Å². The van der Waals surface area contributed by atoms with Crippen LogP contribution in [0.4, 0.5) is 0 Å². The summed E-state index contributed by atoms with van der Waals surface area (Å²) in [6, 6.07) is 1.19. The van der Waals surface area contributed by atoms with E-state index in [1.54, 1.807) is 0 Å². The second-order valence-electron chi connectivity index (χ2n) is 4.87. The van der Waals surface area contributed by atoms with Crippen molar-refractivity contribution in [2.45, 2.75) is 43.5 Å². The van der Waals surface area contributed by atoms with E-state index in [-0.39, 0.29) is 15.8 Å². The van der Waals surface area contributed by atoms with E-state index in [2.05, 4.69) is 15.9 Å². The Labute approximate surface area is 130 Å². The van der Waals surface area contributed by atoms with Gasteiger partial charge >= 0.3 is 5.97 Å². The molecular weight excluding hydrogens is 366 g/mol. The maximum Gasteiger partial charge on any atom is 0.345 e. The fraction of sp³-hybridized carbons (Fsp3) is 0.583. The highest BCUT2D eigenvalue weighted by Crippen LogP contribution is 2.35. The molecule has 0 spiro atoms. The average Bonchev–Trinajstić information content (AvgIpc) is 2.62. The summed E-state index contributed by atoms with van der Waals surface area (Å²) in [5.41, 5.74) is 0. The standard InChI is InChI=1S/C12H16BrNO4S2/c1-8-5-3-2-4-6-14(8)20(17,18)10-7-9(12(15)16)19-11(10)13/h7-8H,2-6H2,1H3,(H,15,16). The summed E-state index contributed by atoms with van der Waals surface area (Å²) in [6.45, 7) is 2.40. The molecule has 1 aromatic heterocycles. The van der Waals surface area contributed by atoms with Crippen molar-refractivity contribution < 1.29 is 18.3 Å². The molecular formula is C12H16BrNO4S2. The van der Waals surface area contributed by atoms with Crippen LogP contribution >= 0.6 is 27.3 Å². The molecule has 0 amide bonds. The maximum atomic E-state index is 12.7. The van der Waals surface area contributed by atoms with Gasteiger partial charge in [0.15, 0.2) is 0 Å². The van der Waals surface area contributed by atoms with Crippen LogP contribution in [-0.4, -0.2) is 36.4 Å². The highest BCUT2D eigenvalue weighted by Gasteiger charge is 2.33. The topological polar surface area (TPSA) is 74.7 Å². The predicted octanol–water partition coefficient (Wildman–Crippen LogP) is 3.16. The van der Waals surface area contributed by atoms with Crippen LogP contribution in [0.1, 0.15) is 42.3 Å². The van der Waals surface area contributed by atoms with Crippen molar-refractivity contribution in [3.8, 4) is 0 Å². The minimum absolute atomic E-state index is 0.0259. The van der Waals surface area contributed by atoms with Gasteiger partial charge in [0.25, 0.3) is 0 Å². The number of halogens is 1. The number of rotatable bonds is 3. The zero-order chi connectivity index (χ0) is 14.9. The van der Waals surface area contributed by atoms with Crippen LogP contribution in [0.3, 0.4) is 0 Å². The van der Waals surface area contributed by atoms with E-state index >= 15 is 0 Å². The van der Waals surface area contributed by atoms with Crippen LogP contribution in [0.25, 0.3) is 0 Å². The molecule has 1 atom stereocenters. The zero-order valence-electron chi connectivity index (χ0n) is 11.0. The van der Waals surface area contributed by atoms with Crippen molar-refractivity contribution in [3.63, 3.8) is 0 Å². The molecule has 0 saturated carbocycles. The Morgan fingerprint density at radius 2 is 2.15 bits per heavy atom. The minimum atomic E-state index is -3.64. The van der Waals surface area contributed by atoms with Crippen molar-refractivity contribution in [2.75, 3.05) is 6.54 Å². The van der Waals surface area contributed by atoms with Gasteiger partial charge in [-0.15, -0.1) is 11.3 Å². The molecule has 1 saturated heterocycles. The maximum absolute atomic E-state index is 12.7. The molecule has 2 heterocycles. The van der Waals surface area contributed by atoms with Gasteiger partial charge in [-0.2, -0.15) is 4.31 Å². The second-order valence-corrected chi connectivity index (χ2v) is 9.10. The molecule has 1 fully saturated rings. The van der Waals surface area contributed by atoms with E-state index in [4.69, 9.17) is 5.11 Å². The lowest BCUT2D eigenvalue weighted by Crippen LogP contribution is -2.38. The molecule has 8 heteroatoms. The van der Waals surface area contributed by atoms with Gasteiger partial charge in [-0.05, 0) is 41.8 Å². The van der Waals surface area contributed by atoms with Gasteiger partial charge in [-0.1, -0.05) is 12.8 Å². The fourth-order valence-electron chi connectivity index (χ4n) is 2.37. The van der Waals surface area contributed by atoms with E-state index in [1.807, 2.05) is 6.92 Å². The number of hydrogen-bond donors (Lipinski definition) is 1. The first-order valence-electron chi connectivity index (χ1n) is 6.38. The Balaban J connectivity index is 2.41. The van der Waals surface area contributed by atoms with Gasteiger partial charge in [-0.3, -0.25) is 0 Å². The number of hydrogen-bond acceptors (Lipinski definition) is 4. The summed E-state index contributed by atoms with van der Waals surface area (Å²) in [4.78, 5) is 11.1. The van der Waals surface area contributed by atoms with Crippen LogP contribution in [0.5, 0.6) is 0 Å². The number of nitrogens with zero attached hydrogens (tertiary/aromatic N) is 1. The summed E-state index contributed by atoms with van der Waals surface area (Å²) in [6.07, 6.45) is 3.74. The molecule has 1 N–H and O–H groups in total. The quantitative estimate of drug-likeness (QED) is 0.872. The van der Waals surface area contributed by atoms with Crippen molar-refractivity contribution in [3.05, 3.63) is 14.7 Å². The van der Waals surface area contributed by atoms with Gasteiger partial charge in [-0.25, -0.2) is 13.2 Å². The number of carboxylic acid groups (broad SMARTS) is 1. The number of carboxylic acids is 1. The summed E-state index contributed by atoms with van der Waals surface area (Å²) >= 11 is 4.11. The zero-order valence-corrected chi connectivity index (χ0v) is 14.2. The molecule has 1 aliphatic heterocycles. The molecule has 0 aliphatic carbocycles. The third-order valence-corrected chi connectivity index (χ3v) is 7.70. The third kappa shape index (κ3) is 3.08. The molecule has 2 rings (SSSR count). The minimum Gasteiger partial charge on any atom is -0.477 e. The summed E-state index contributed by atoms with van der Waals surface area (Å²) < 4.78 is 27.3. The molecule has 1 unspecified atom stereocenters. The SMILES string of the molecule is CC1CCCCCN1S(=O)(=O)c1cc(C(=O)O)sc1Br. The largest absolute Gasteiger partial charge is 0.477 e. The Morgan fingerprint density at radius 3 is 2.75 bits per heavy atom. The van der Waals surface area contributed by atoms with E-state index in [0.717, 1.165) is 37.0 Å². The van der Waals surface area contributed by atoms with Crippen LogP contribution in [0.15, 0.2) is 14.7 Å². The first-order valence-corrected chi connectivity index (χ1v) is 9.43. The molecule has 1 aliphatic rings. The predicted molar refractivity (Wildman–Crippen MR) is 80.8 cm³/mol. The second kappa shape index (κ2) is 6.13. The Hall–Kier alpha value is -0.440. The van der Waals surface area contributed by atoms with Crippen LogP contribution < -0.4 is 0 Å².